The van der Waals surface area contributed by atoms with Crippen LogP contribution in [0.3, 0.4) is 0 Å². The molecule has 0 aromatic heterocycles. The number of fused-ring (bicyclic) bond motifs is 1. The van der Waals surface area contributed by atoms with Gasteiger partial charge in [0.2, 0.25) is 0 Å². The fourth-order valence-electron chi connectivity index (χ4n) is 2.64. The van der Waals surface area contributed by atoms with Gasteiger partial charge < -0.3 is 4.74 Å². The third-order valence-corrected chi connectivity index (χ3v) is 3.97. The Morgan fingerprint density at radius 1 is 1.22 bits per heavy atom. The molecule has 0 atom stereocenters. The van der Waals surface area contributed by atoms with Crippen LogP contribution in [0, 0.1) is 11.2 Å². The van der Waals surface area contributed by atoms with Gasteiger partial charge in [0, 0.05) is 0 Å². The van der Waals surface area contributed by atoms with Crippen LogP contribution < -0.4 is 4.74 Å². The van der Waals surface area contributed by atoms with Crippen LogP contribution in [-0.2, 0) is 11.2 Å². The van der Waals surface area contributed by atoms with E-state index in [4.69, 9.17) is 4.74 Å². The smallest absolute Gasteiger partial charge is 0.316 e. The highest BCUT2D eigenvalue weighted by Crippen LogP contribution is 2.35. The van der Waals surface area contributed by atoms with Crippen molar-refractivity contribution in [3.05, 3.63) is 41.2 Å². The summed E-state index contributed by atoms with van der Waals surface area (Å²) in [5.74, 6) is 0.276. The second kappa shape index (κ2) is 6.31. The molecule has 0 bridgehead atoms. The molecule has 0 aliphatic carbocycles. The van der Waals surface area contributed by atoms with E-state index in [2.05, 4.69) is 13.8 Å². The number of carbonyl (C=O) groups excluding carboxylic acids is 1. The second-order valence-electron chi connectivity index (χ2n) is 7.28. The molecule has 0 heterocycles. The van der Waals surface area contributed by atoms with E-state index >= 15 is 0 Å². The molecule has 2 nitrogen and oxygen atoms in total. The summed E-state index contributed by atoms with van der Waals surface area (Å²) in [6, 6.07) is 6.93. The average Bonchev–Trinajstić information content (AvgIpc) is 2.45. The van der Waals surface area contributed by atoms with E-state index in [0.717, 1.165) is 21.9 Å². The van der Waals surface area contributed by atoms with Crippen molar-refractivity contribution < 1.29 is 13.9 Å². The number of aryl methyl sites for hydroxylation is 1. The van der Waals surface area contributed by atoms with Gasteiger partial charge in [0.1, 0.15) is 11.6 Å². The Labute approximate surface area is 137 Å². The van der Waals surface area contributed by atoms with E-state index in [-0.39, 0.29) is 17.7 Å². The van der Waals surface area contributed by atoms with Gasteiger partial charge in [0.15, 0.2) is 0 Å². The Kier molecular flexibility index (Phi) is 4.79. The number of hydrogen-bond acceptors (Lipinski definition) is 2. The Morgan fingerprint density at radius 2 is 1.87 bits per heavy atom. The van der Waals surface area contributed by atoms with Crippen LogP contribution in [-0.4, -0.2) is 5.97 Å². The Morgan fingerprint density at radius 3 is 2.39 bits per heavy atom. The van der Waals surface area contributed by atoms with Gasteiger partial charge >= 0.3 is 5.97 Å². The molecule has 0 N–H and O–H groups in total. The zero-order valence-electron chi connectivity index (χ0n) is 14.8. The lowest BCUT2D eigenvalue weighted by atomic mass is 9.91. The first-order chi connectivity index (χ1) is 10.6. The first kappa shape index (κ1) is 17.5. The van der Waals surface area contributed by atoms with Crippen molar-refractivity contribution in [3.63, 3.8) is 0 Å². The van der Waals surface area contributed by atoms with Gasteiger partial charge in [-0.2, -0.15) is 0 Å². The lowest BCUT2D eigenvalue weighted by molar-refractivity contribution is -0.142. The molecule has 2 rings (SSSR count). The van der Waals surface area contributed by atoms with Crippen molar-refractivity contribution in [2.24, 2.45) is 5.41 Å². The van der Waals surface area contributed by atoms with Gasteiger partial charge in [0.25, 0.3) is 0 Å². The molecule has 23 heavy (non-hydrogen) atoms. The summed E-state index contributed by atoms with van der Waals surface area (Å²) in [5, 5.41) is 1.85. The van der Waals surface area contributed by atoms with Crippen LogP contribution in [0.2, 0.25) is 0 Å². The summed E-state index contributed by atoms with van der Waals surface area (Å²) in [6.07, 6.45) is 0.629. The fourth-order valence-corrected chi connectivity index (χ4v) is 2.64. The molecule has 0 saturated heterocycles. The predicted octanol–water partition coefficient (Wildman–Crippen LogP) is 5.62. The lowest BCUT2D eigenvalue weighted by Gasteiger charge is -2.19. The van der Waals surface area contributed by atoms with E-state index in [0.29, 0.717) is 12.2 Å². The first-order valence-corrected chi connectivity index (χ1v) is 8.12. The summed E-state index contributed by atoms with van der Waals surface area (Å²) in [4.78, 5) is 12.1. The highest BCUT2D eigenvalue weighted by molar-refractivity contribution is 5.91. The van der Waals surface area contributed by atoms with Crippen molar-refractivity contribution >= 4 is 16.7 Å². The van der Waals surface area contributed by atoms with E-state index in [9.17, 15) is 9.18 Å². The van der Waals surface area contributed by atoms with Crippen molar-refractivity contribution in [2.75, 3.05) is 0 Å². The maximum atomic E-state index is 14.1. The Hall–Kier alpha value is -1.90. The van der Waals surface area contributed by atoms with Crippen molar-refractivity contribution in [1.29, 1.82) is 0 Å². The maximum Gasteiger partial charge on any atom is 0.316 e. The SMILES string of the molecule is CCc1c(F)ccc2cc(OC(=O)C(C)(C)C)cc(C(C)C)c12. The third kappa shape index (κ3) is 3.54. The summed E-state index contributed by atoms with van der Waals surface area (Å²) in [6.45, 7) is 11.6. The lowest BCUT2D eigenvalue weighted by Crippen LogP contribution is -2.25. The van der Waals surface area contributed by atoms with Crippen LogP contribution in [0.25, 0.3) is 10.8 Å². The van der Waals surface area contributed by atoms with E-state index in [1.165, 1.54) is 6.07 Å². The molecule has 0 unspecified atom stereocenters. The molecule has 2 aromatic rings. The van der Waals surface area contributed by atoms with Gasteiger partial charge in [-0.25, -0.2) is 4.39 Å². The van der Waals surface area contributed by atoms with E-state index in [1.54, 1.807) is 6.07 Å². The van der Waals surface area contributed by atoms with Gasteiger partial charge in [0.05, 0.1) is 5.41 Å². The normalized spacial score (nSPS) is 12.0. The predicted molar refractivity (Wildman–Crippen MR) is 92.5 cm³/mol. The number of halogens is 1. The fraction of sp³-hybridized carbons (Fsp3) is 0.450. The summed E-state index contributed by atoms with van der Waals surface area (Å²) in [5.41, 5.74) is 1.17. The quantitative estimate of drug-likeness (QED) is 0.543. The number of hydrogen-bond donors (Lipinski definition) is 0. The summed E-state index contributed by atoms with van der Waals surface area (Å²) < 4.78 is 19.7. The molecule has 0 radical (unpaired) electrons. The maximum absolute atomic E-state index is 14.1. The second-order valence-corrected chi connectivity index (χ2v) is 7.28. The molecule has 3 heteroatoms. The van der Waals surface area contributed by atoms with E-state index < -0.39 is 5.41 Å². The van der Waals surface area contributed by atoms with Crippen LogP contribution in [0.15, 0.2) is 24.3 Å². The highest BCUT2D eigenvalue weighted by atomic mass is 19.1. The number of rotatable bonds is 3. The molecule has 0 spiro atoms. The zero-order chi connectivity index (χ0) is 17.4. The number of benzene rings is 2. The molecule has 124 valence electrons. The largest absolute Gasteiger partial charge is 0.426 e. The van der Waals surface area contributed by atoms with Crippen LogP contribution in [0.4, 0.5) is 4.39 Å². The minimum atomic E-state index is -0.565. The Balaban J connectivity index is 2.64. The number of esters is 1. The molecule has 0 amide bonds. The molecule has 0 fully saturated rings. The molecule has 0 saturated carbocycles. The average molecular weight is 316 g/mol. The van der Waals surface area contributed by atoms with Crippen molar-refractivity contribution in [2.45, 2.75) is 53.9 Å². The molecule has 2 aromatic carbocycles. The van der Waals surface area contributed by atoms with Gasteiger partial charge in [-0.3, -0.25) is 4.79 Å². The summed E-state index contributed by atoms with van der Waals surface area (Å²) >= 11 is 0. The van der Waals surface area contributed by atoms with Gasteiger partial charge in [-0.1, -0.05) is 26.8 Å². The monoisotopic (exact) mass is 316 g/mol. The standard InChI is InChI=1S/C20H25FO2/c1-7-15-17(21)9-8-13-10-14(23-19(22)20(4,5)6)11-16(12(2)3)18(13)15/h8-12H,7H2,1-6H3. The minimum absolute atomic E-state index is 0.179. The number of ether oxygens (including phenoxy) is 1. The molecular formula is C20H25FO2. The van der Waals surface area contributed by atoms with Crippen LogP contribution in [0.1, 0.15) is 58.6 Å². The first-order valence-electron chi connectivity index (χ1n) is 8.12. The van der Waals surface area contributed by atoms with Crippen LogP contribution >= 0.6 is 0 Å². The number of carbonyl (C=O) groups is 1. The molecular weight excluding hydrogens is 291 g/mol. The summed E-state index contributed by atoms with van der Waals surface area (Å²) in [7, 11) is 0. The topological polar surface area (TPSA) is 26.3 Å². The third-order valence-electron chi connectivity index (χ3n) is 3.97. The minimum Gasteiger partial charge on any atom is -0.426 e. The van der Waals surface area contributed by atoms with Gasteiger partial charge in [-0.05, 0) is 73.2 Å². The molecule has 0 aliphatic heterocycles. The van der Waals surface area contributed by atoms with Crippen molar-refractivity contribution in [1.82, 2.24) is 0 Å². The highest BCUT2D eigenvalue weighted by Gasteiger charge is 2.24. The van der Waals surface area contributed by atoms with Gasteiger partial charge in [-0.15, -0.1) is 0 Å². The van der Waals surface area contributed by atoms with Crippen molar-refractivity contribution in [3.8, 4) is 5.75 Å². The Bertz CT molecular complexity index is 739. The molecule has 0 aliphatic rings. The van der Waals surface area contributed by atoms with E-state index in [1.807, 2.05) is 39.8 Å². The zero-order valence-corrected chi connectivity index (χ0v) is 14.8. The van der Waals surface area contributed by atoms with Crippen LogP contribution in [0.5, 0.6) is 5.75 Å².